The largest absolute Gasteiger partial charge is 0.496 e. The van der Waals surface area contributed by atoms with E-state index in [0.717, 1.165) is 21.8 Å². The van der Waals surface area contributed by atoms with Crippen molar-refractivity contribution in [1.29, 1.82) is 0 Å². The molecule has 0 aliphatic rings. The second kappa shape index (κ2) is 9.79. The molecule has 1 amide bonds. The van der Waals surface area contributed by atoms with Gasteiger partial charge in [-0.25, -0.2) is 4.68 Å². The minimum Gasteiger partial charge on any atom is -0.496 e. The number of methoxy groups -OCH3 is 3. The van der Waals surface area contributed by atoms with E-state index in [9.17, 15) is 4.79 Å². The number of hydrogen-bond acceptors (Lipinski definition) is 6. The van der Waals surface area contributed by atoms with Crippen LogP contribution >= 0.6 is 11.3 Å². The Labute approximate surface area is 196 Å². The van der Waals surface area contributed by atoms with Crippen LogP contribution in [-0.4, -0.2) is 49.0 Å². The average Bonchev–Trinajstić information content (AvgIpc) is 3.53. The molecule has 2 aromatic carbocycles. The number of benzene rings is 2. The van der Waals surface area contributed by atoms with E-state index in [2.05, 4.69) is 0 Å². The van der Waals surface area contributed by atoms with Gasteiger partial charge in [0.25, 0.3) is 5.91 Å². The van der Waals surface area contributed by atoms with Crippen molar-refractivity contribution in [2.75, 3.05) is 28.4 Å². The topological polar surface area (TPSA) is 65.8 Å². The third-order valence-electron chi connectivity index (χ3n) is 5.26. The van der Waals surface area contributed by atoms with Gasteiger partial charge in [-0.15, -0.1) is 11.3 Å². The van der Waals surface area contributed by atoms with Crippen LogP contribution in [-0.2, 0) is 6.54 Å². The molecule has 8 heteroatoms. The van der Waals surface area contributed by atoms with Crippen LogP contribution in [0.25, 0.3) is 16.3 Å². The fourth-order valence-electron chi connectivity index (χ4n) is 3.59. The summed E-state index contributed by atoms with van der Waals surface area (Å²) in [5.74, 6) is 1.18. The van der Waals surface area contributed by atoms with E-state index in [4.69, 9.17) is 19.3 Å². The molecule has 33 heavy (non-hydrogen) atoms. The lowest BCUT2D eigenvalue weighted by molar-refractivity contribution is 0.0781. The molecular formula is C25H25N3O4S. The number of carbonyl (C=O) groups is 1. The van der Waals surface area contributed by atoms with Crippen molar-refractivity contribution in [3.8, 4) is 33.5 Å². The highest BCUT2D eigenvalue weighted by Gasteiger charge is 2.23. The molecule has 0 saturated heterocycles. The van der Waals surface area contributed by atoms with Crippen molar-refractivity contribution in [3.63, 3.8) is 0 Å². The third-order valence-corrected chi connectivity index (χ3v) is 6.13. The average molecular weight is 464 g/mol. The highest BCUT2D eigenvalue weighted by Crippen LogP contribution is 2.35. The summed E-state index contributed by atoms with van der Waals surface area (Å²) in [5, 5.41) is 6.84. The molecule has 170 valence electrons. The smallest absolute Gasteiger partial charge is 0.257 e. The van der Waals surface area contributed by atoms with Gasteiger partial charge in [-0.3, -0.25) is 4.79 Å². The molecule has 4 aromatic rings. The molecule has 2 aromatic heterocycles. The van der Waals surface area contributed by atoms with Crippen molar-refractivity contribution >= 4 is 17.2 Å². The van der Waals surface area contributed by atoms with Crippen LogP contribution in [0.5, 0.6) is 17.2 Å². The molecule has 0 aliphatic carbocycles. The van der Waals surface area contributed by atoms with Gasteiger partial charge in [0.15, 0.2) is 11.5 Å². The van der Waals surface area contributed by atoms with Crippen molar-refractivity contribution in [2.24, 2.45) is 0 Å². The predicted octanol–water partition coefficient (Wildman–Crippen LogP) is 4.90. The highest BCUT2D eigenvalue weighted by molar-refractivity contribution is 7.13. The van der Waals surface area contributed by atoms with Gasteiger partial charge in [-0.2, -0.15) is 5.10 Å². The lowest BCUT2D eigenvalue weighted by Crippen LogP contribution is -2.26. The Kier molecular flexibility index (Phi) is 6.65. The molecule has 0 N–H and O–H groups in total. The predicted molar refractivity (Wildman–Crippen MR) is 129 cm³/mol. The summed E-state index contributed by atoms with van der Waals surface area (Å²) in [5.41, 5.74) is 3.15. The Balaban J connectivity index is 1.68. The molecule has 0 aliphatic heterocycles. The maximum atomic E-state index is 13.4. The van der Waals surface area contributed by atoms with Crippen LogP contribution in [0.4, 0.5) is 0 Å². The lowest BCUT2D eigenvalue weighted by Gasteiger charge is -2.20. The fraction of sp³-hybridized carbons (Fsp3) is 0.200. The molecule has 0 fully saturated rings. The minimum atomic E-state index is -0.197. The van der Waals surface area contributed by atoms with Gasteiger partial charge >= 0.3 is 0 Å². The molecule has 0 bridgehead atoms. The summed E-state index contributed by atoms with van der Waals surface area (Å²) in [4.78, 5) is 16.1. The van der Waals surface area contributed by atoms with E-state index in [1.54, 1.807) is 42.5 Å². The lowest BCUT2D eigenvalue weighted by atomic mass is 10.1. The first-order valence-corrected chi connectivity index (χ1v) is 11.2. The quantitative estimate of drug-likeness (QED) is 0.372. The molecule has 0 atom stereocenters. The van der Waals surface area contributed by atoms with Crippen LogP contribution in [0.1, 0.15) is 15.9 Å². The number of para-hydroxylation sites is 1. The number of amides is 1. The molecule has 0 spiro atoms. The normalized spacial score (nSPS) is 10.7. The van der Waals surface area contributed by atoms with Crippen LogP contribution in [0.2, 0.25) is 0 Å². The van der Waals surface area contributed by atoms with Crippen LogP contribution in [0.15, 0.2) is 66.2 Å². The molecular weight excluding hydrogens is 438 g/mol. The van der Waals surface area contributed by atoms with Crippen molar-refractivity contribution in [3.05, 3.63) is 77.3 Å². The van der Waals surface area contributed by atoms with Gasteiger partial charge in [0, 0.05) is 37.5 Å². The Hall–Kier alpha value is -3.78. The standard InChI is InChI=1S/C25H25N3O4S/c1-27(25(29)19-13-21(31-3)22(32-4)14-20(19)30-2)15-17-16-28(18-9-6-5-7-10-18)26-24(17)23-11-8-12-33-23/h5-14,16H,15H2,1-4H3. The number of rotatable bonds is 8. The molecule has 7 nitrogen and oxygen atoms in total. The Bertz CT molecular complexity index is 1240. The van der Waals surface area contributed by atoms with Crippen LogP contribution in [0, 0.1) is 0 Å². The van der Waals surface area contributed by atoms with Gasteiger partial charge in [-0.1, -0.05) is 24.3 Å². The van der Waals surface area contributed by atoms with Gasteiger partial charge in [-0.05, 0) is 23.6 Å². The maximum Gasteiger partial charge on any atom is 0.257 e. The highest BCUT2D eigenvalue weighted by atomic mass is 32.1. The van der Waals surface area contributed by atoms with Crippen LogP contribution in [0.3, 0.4) is 0 Å². The Morgan fingerprint density at radius 3 is 2.30 bits per heavy atom. The van der Waals surface area contributed by atoms with E-state index < -0.39 is 0 Å². The van der Waals surface area contributed by atoms with E-state index in [1.165, 1.54) is 14.2 Å². The number of thiophene rings is 1. The number of aromatic nitrogens is 2. The van der Waals surface area contributed by atoms with E-state index >= 15 is 0 Å². The van der Waals surface area contributed by atoms with Gasteiger partial charge in [0.1, 0.15) is 11.4 Å². The number of hydrogen-bond donors (Lipinski definition) is 0. The summed E-state index contributed by atoms with van der Waals surface area (Å²) in [7, 11) is 6.36. The number of ether oxygens (including phenoxy) is 3. The van der Waals surface area contributed by atoms with Crippen molar-refractivity contribution in [1.82, 2.24) is 14.7 Å². The molecule has 0 saturated carbocycles. The van der Waals surface area contributed by atoms with E-state index in [0.29, 0.717) is 29.4 Å². The zero-order valence-electron chi connectivity index (χ0n) is 18.9. The van der Waals surface area contributed by atoms with Gasteiger partial charge < -0.3 is 19.1 Å². The second-order valence-electron chi connectivity index (χ2n) is 7.33. The first-order valence-electron chi connectivity index (χ1n) is 10.3. The monoisotopic (exact) mass is 463 g/mol. The second-order valence-corrected chi connectivity index (χ2v) is 8.28. The first-order chi connectivity index (χ1) is 16.0. The molecule has 0 radical (unpaired) electrons. The van der Waals surface area contributed by atoms with Gasteiger partial charge in [0.05, 0.1) is 37.5 Å². The molecule has 0 unspecified atom stereocenters. The van der Waals surface area contributed by atoms with Gasteiger partial charge in [0.2, 0.25) is 0 Å². The molecule has 2 heterocycles. The van der Waals surface area contributed by atoms with Crippen molar-refractivity contribution in [2.45, 2.75) is 6.54 Å². The Morgan fingerprint density at radius 2 is 1.67 bits per heavy atom. The van der Waals surface area contributed by atoms with E-state index in [1.807, 2.05) is 58.7 Å². The summed E-state index contributed by atoms with van der Waals surface area (Å²) < 4.78 is 18.0. The third kappa shape index (κ3) is 4.56. The summed E-state index contributed by atoms with van der Waals surface area (Å²) >= 11 is 1.62. The fourth-order valence-corrected chi connectivity index (χ4v) is 4.33. The van der Waals surface area contributed by atoms with Crippen molar-refractivity contribution < 1.29 is 19.0 Å². The number of nitrogens with zero attached hydrogens (tertiary/aromatic N) is 3. The minimum absolute atomic E-state index is 0.197. The maximum absolute atomic E-state index is 13.4. The number of carbonyl (C=O) groups excluding carboxylic acids is 1. The zero-order valence-corrected chi connectivity index (χ0v) is 19.8. The summed E-state index contributed by atoms with van der Waals surface area (Å²) in [6.45, 7) is 0.371. The van der Waals surface area contributed by atoms with E-state index in [-0.39, 0.29) is 5.91 Å². The Morgan fingerprint density at radius 1 is 0.970 bits per heavy atom. The zero-order chi connectivity index (χ0) is 23.4. The summed E-state index contributed by atoms with van der Waals surface area (Å²) in [6, 6.07) is 17.2. The first kappa shape index (κ1) is 22.4. The van der Waals surface area contributed by atoms with Crippen LogP contribution < -0.4 is 14.2 Å². The molecule has 4 rings (SSSR count). The SMILES string of the molecule is COc1cc(OC)c(C(=O)N(C)Cc2cn(-c3ccccc3)nc2-c2cccs2)cc1OC. The summed E-state index contributed by atoms with van der Waals surface area (Å²) in [6.07, 6.45) is 1.97.